The van der Waals surface area contributed by atoms with Gasteiger partial charge in [0.2, 0.25) is 0 Å². The number of rotatable bonds is 8. The van der Waals surface area contributed by atoms with Gasteiger partial charge in [-0.2, -0.15) is 0 Å². The zero-order chi connectivity index (χ0) is 13.4. The first-order valence-electron chi connectivity index (χ1n) is 7.73. The van der Waals surface area contributed by atoms with Crippen molar-refractivity contribution in [2.24, 2.45) is 11.8 Å². The van der Waals surface area contributed by atoms with Gasteiger partial charge in [-0.25, -0.2) is 0 Å². The van der Waals surface area contributed by atoms with Gasteiger partial charge in [0, 0.05) is 0 Å². The van der Waals surface area contributed by atoms with E-state index in [0.29, 0.717) is 0 Å². The molecule has 0 radical (unpaired) electrons. The van der Waals surface area contributed by atoms with E-state index in [2.05, 4.69) is 52.0 Å². The summed E-state index contributed by atoms with van der Waals surface area (Å²) < 4.78 is 0. The van der Waals surface area contributed by atoms with E-state index in [-0.39, 0.29) is 0 Å². The fraction of sp³-hybridized carbons (Fsp3) is 0.667. The predicted octanol–water partition coefficient (Wildman–Crippen LogP) is 5.64. The van der Waals surface area contributed by atoms with Crippen molar-refractivity contribution in [3.05, 3.63) is 35.4 Å². The lowest BCUT2D eigenvalue weighted by Crippen LogP contribution is -1.98. The van der Waals surface area contributed by atoms with Crippen LogP contribution in [0.4, 0.5) is 0 Å². The lowest BCUT2D eigenvalue weighted by molar-refractivity contribution is 0.513. The summed E-state index contributed by atoms with van der Waals surface area (Å²) in [5.41, 5.74) is 3.05. The minimum Gasteiger partial charge on any atom is -0.0651 e. The first kappa shape index (κ1) is 15.3. The fourth-order valence-corrected chi connectivity index (χ4v) is 2.18. The van der Waals surface area contributed by atoms with Crippen molar-refractivity contribution in [1.82, 2.24) is 0 Å². The molecule has 0 amide bonds. The van der Waals surface area contributed by atoms with Crippen LogP contribution in [0.1, 0.15) is 64.5 Å². The Morgan fingerprint density at radius 2 is 1.28 bits per heavy atom. The normalized spacial score (nSPS) is 14.4. The highest BCUT2D eigenvalue weighted by molar-refractivity contribution is 5.23. The molecule has 0 aliphatic heterocycles. The summed E-state index contributed by atoms with van der Waals surface area (Å²) in [7, 11) is 0. The van der Waals surface area contributed by atoms with Crippen LogP contribution in [0.15, 0.2) is 24.3 Å². The fourth-order valence-electron chi connectivity index (χ4n) is 2.18. The van der Waals surface area contributed by atoms with Crippen molar-refractivity contribution in [3.63, 3.8) is 0 Å². The van der Waals surface area contributed by atoms with E-state index in [0.717, 1.165) is 11.8 Å². The van der Waals surface area contributed by atoms with Crippen LogP contribution >= 0.6 is 0 Å². The Labute approximate surface area is 114 Å². The predicted molar refractivity (Wildman–Crippen MR) is 82.0 cm³/mol. The summed E-state index contributed by atoms with van der Waals surface area (Å²) in [6, 6.07) is 9.23. The molecule has 0 heteroatoms. The Bertz CT molecular complexity index is 297. The van der Waals surface area contributed by atoms with Crippen LogP contribution in [0.5, 0.6) is 0 Å². The number of hydrogen-bond acceptors (Lipinski definition) is 0. The Morgan fingerprint density at radius 3 is 1.67 bits per heavy atom. The van der Waals surface area contributed by atoms with Crippen molar-refractivity contribution < 1.29 is 0 Å². The van der Waals surface area contributed by atoms with Gasteiger partial charge in [-0.1, -0.05) is 64.8 Å². The highest BCUT2D eigenvalue weighted by Crippen LogP contribution is 2.16. The third-order valence-corrected chi connectivity index (χ3v) is 4.24. The van der Waals surface area contributed by atoms with Crippen molar-refractivity contribution in [2.75, 3.05) is 0 Å². The minimum absolute atomic E-state index is 0.855. The van der Waals surface area contributed by atoms with Crippen LogP contribution in [0, 0.1) is 11.8 Å². The van der Waals surface area contributed by atoms with E-state index < -0.39 is 0 Å². The molecule has 0 N–H and O–H groups in total. The molecule has 18 heavy (non-hydrogen) atoms. The lowest BCUT2D eigenvalue weighted by Gasteiger charge is -2.11. The van der Waals surface area contributed by atoms with Gasteiger partial charge in [-0.15, -0.1) is 0 Å². The molecule has 0 saturated carbocycles. The van der Waals surface area contributed by atoms with Gasteiger partial charge < -0.3 is 0 Å². The Morgan fingerprint density at radius 1 is 0.833 bits per heavy atom. The lowest BCUT2D eigenvalue weighted by atomic mass is 9.95. The van der Waals surface area contributed by atoms with E-state index in [1.807, 2.05) is 0 Å². The maximum Gasteiger partial charge on any atom is -0.0276 e. The number of benzene rings is 1. The number of hydrogen-bond donors (Lipinski definition) is 0. The molecule has 1 aromatic rings. The van der Waals surface area contributed by atoms with Gasteiger partial charge in [0.15, 0.2) is 0 Å². The molecule has 0 nitrogen and oxygen atoms in total. The first-order chi connectivity index (χ1) is 8.65. The molecule has 2 unspecified atom stereocenters. The van der Waals surface area contributed by atoms with E-state index in [4.69, 9.17) is 0 Å². The average Bonchev–Trinajstić information content (AvgIpc) is 2.42. The molecule has 1 rings (SSSR count). The standard InChI is InChI=1S/C18H30/c1-5-15(3)10-12-17-8-7-9-18(14-17)13-11-16(4)6-2/h7-9,14-16H,5-6,10-13H2,1-4H3. The summed E-state index contributed by atoms with van der Waals surface area (Å²) in [5, 5.41) is 0. The molecule has 0 bridgehead atoms. The van der Waals surface area contributed by atoms with Crippen molar-refractivity contribution in [3.8, 4) is 0 Å². The first-order valence-corrected chi connectivity index (χ1v) is 7.73. The maximum absolute atomic E-state index is 2.42. The average molecular weight is 246 g/mol. The maximum atomic E-state index is 2.42. The molecule has 0 aliphatic carbocycles. The Balaban J connectivity index is 2.46. The molecule has 0 saturated heterocycles. The second-order valence-corrected chi connectivity index (χ2v) is 5.92. The minimum atomic E-state index is 0.855. The monoisotopic (exact) mass is 246 g/mol. The summed E-state index contributed by atoms with van der Waals surface area (Å²) in [4.78, 5) is 0. The molecule has 102 valence electrons. The molecule has 0 aromatic heterocycles. The van der Waals surface area contributed by atoms with Gasteiger partial charge in [0.1, 0.15) is 0 Å². The van der Waals surface area contributed by atoms with Gasteiger partial charge in [0.05, 0.1) is 0 Å². The zero-order valence-corrected chi connectivity index (χ0v) is 12.7. The second-order valence-electron chi connectivity index (χ2n) is 5.92. The smallest absolute Gasteiger partial charge is 0.0276 e. The van der Waals surface area contributed by atoms with Crippen LogP contribution in [-0.4, -0.2) is 0 Å². The van der Waals surface area contributed by atoms with Crippen molar-refractivity contribution >= 4 is 0 Å². The summed E-state index contributed by atoms with van der Waals surface area (Å²) >= 11 is 0. The van der Waals surface area contributed by atoms with Crippen LogP contribution in [0.3, 0.4) is 0 Å². The van der Waals surface area contributed by atoms with Crippen molar-refractivity contribution in [2.45, 2.75) is 66.2 Å². The summed E-state index contributed by atoms with van der Waals surface area (Å²) in [6.45, 7) is 9.28. The molecule has 0 heterocycles. The summed E-state index contributed by atoms with van der Waals surface area (Å²) in [6.07, 6.45) is 7.73. The Kier molecular flexibility index (Phi) is 7.08. The third kappa shape index (κ3) is 5.71. The van der Waals surface area contributed by atoms with Crippen molar-refractivity contribution in [1.29, 1.82) is 0 Å². The third-order valence-electron chi connectivity index (χ3n) is 4.24. The quantitative estimate of drug-likeness (QED) is 0.556. The Hall–Kier alpha value is -0.780. The highest BCUT2D eigenvalue weighted by Gasteiger charge is 2.03. The molecule has 0 aliphatic rings. The summed E-state index contributed by atoms with van der Waals surface area (Å²) in [5.74, 6) is 1.71. The van der Waals surface area contributed by atoms with Gasteiger partial charge in [-0.05, 0) is 48.6 Å². The van der Waals surface area contributed by atoms with E-state index >= 15 is 0 Å². The molecular formula is C18H30. The van der Waals surface area contributed by atoms with E-state index in [1.54, 1.807) is 0 Å². The van der Waals surface area contributed by atoms with Crippen LogP contribution in [-0.2, 0) is 12.8 Å². The van der Waals surface area contributed by atoms with E-state index in [1.165, 1.54) is 49.7 Å². The van der Waals surface area contributed by atoms with Gasteiger partial charge >= 0.3 is 0 Å². The molecule has 1 aromatic carbocycles. The zero-order valence-electron chi connectivity index (χ0n) is 12.7. The van der Waals surface area contributed by atoms with Crippen LogP contribution < -0.4 is 0 Å². The largest absolute Gasteiger partial charge is 0.0651 e. The van der Waals surface area contributed by atoms with E-state index in [9.17, 15) is 0 Å². The van der Waals surface area contributed by atoms with Crippen LogP contribution in [0.2, 0.25) is 0 Å². The second kappa shape index (κ2) is 8.34. The SMILES string of the molecule is CCC(C)CCc1cccc(CCC(C)CC)c1. The molecule has 0 fully saturated rings. The number of aryl methyl sites for hydroxylation is 2. The molecular weight excluding hydrogens is 216 g/mol. The van der Waals surface area contributed by atoms with Gasteiger partial charge in [0.25, 0.3) is 0 Å². The molecule has 0 spiro atoms. The highest BCUT2D eigenvalue weighted by atomic mass is 14.1. The topological polar surface area (TPSA) is 0 Å². The van der Waals surface area contributed by atoms with Crippen LogP contribution in [0.25, 0.3) is 0 Å². The molecule has 2 atom stereocenters. The van der Waals surface area contributed by atoms with Gasteiger partial charge in [-0.3, -0.25) is 0 Å².